The third kappa shape index (κ3) is 1.50. The van der Waals surface area contributed by atoms with Gasteiger partial charge in [-0.1, -0.05) is 12.1 Å². The van der Waals surface area contributed by atoms with Crippen LogP contribution in [0.1, 0.15) is 5.56 Å². The molecule has 1 aromatic carbocycles. The Hall–Kier alpha value is -2.08. The van der Waals surface area contributed by atoms with E-state index in [9.17, 15) is 4.79 Å². The summed E-state index contributed by atoms with van der Waals surface area (Å²) in [5, 5.41) is 9.37. The molecule has 0 aliphatic heterocycles. The molecule has 3 nitrogen and oxygen atoms in total. The lowest BCUT2D eigenvalue weighted by Gasteiger charge is -1.97. The van der Waals surface area contributed by atoms with Gasteiger partial charge in [-0.3, -0.25) is 0 Å². The van der Waals surface area contributed by atoms with Crippen LogP contribution >= 0.6 is 0 Å². The Morgan fingerprint density at radius 1 is 1.29 bits per heavy atom. The summed E-state index contributed by atoms with van der Waals surface area (Å²) in [6.45, 7) is 0. The molecule has 2 rings (SSSR count). The lowest BCUT2D eigenvalue weighted by Crippen LogP contribution is -1.94. The van der Waals surface area contributed by atoms with Crippen molar-refractivity contribution in [2.24, 2.45) is 0 Å². The minimum atomic E-state index is -0.369. The van der Waals surface area contributed by atoms with Gasteiger partial charge in [0.05, 0.1) is 12.5 Å². The van der Waals surface area contributed by atoms with Gasteiger partial charge in [0, 0.05) is 11.5 Å². The van der Waals surface area contributed by atoms with E-state index in [1.807, 2.05) is 18.2 Å². The molecule has 3 heteroatoms. The monoisotopic (exact) mass is 185 g/mol. The molecule has 0 aliphatic rings. The topological polar surface area (TPSA) is 54.0 Å². The molecule has 68 valence electrons. The molecule has 0 fully saturated rings. The number of rotatable bonds is 1. The normalized spacial score (nSPS) is 9.93. The summed E-state index contributed by atoms with van der Waals surface area (Å²) >= 11 is 0. The van der Waals surface area contributed by atoms with E-state index in [1.165, 1.54) is 6.07 Å². The van der Waals surface area contributed by atoms with E-state index in [1.54, 1.807) is 12.1 Å². The van der Waals surface area contributed by atoms with E-state index >= 15 is 0 Å². The first-order valence-corrected chi connectivity index (χ1v) is 4.19. The molecule has 0 saturated carbocycles. The lowest BCUT2D eigenvalue weighted by molar-refractivity contribution is 0.560. The maximum atomic E-state index is 10.9. The quantitative estimate of drug-likeness (QED) is 0.637. The fourth-order valence-corrected chi connectivity index (χ4v) is 1.31. The first-order valence-electron chi connectivity index (χ1n) is 4.19. The van der Waals surface area contributed by atoms with Crippen molar-refractivity contribution in [3.63, 3.8) is 0 Å². The molecule has 0 aliphatic carbocycles. The van der Waals surface area contributed by atoms with Crippen LogP contribution in [0.5, 0.6) is 0 Å². The van der Waals surface area contributed by atoms with Gasteiger partial charge in [-0.25, -0.2) is 4.79 Å². The van der Waals surface area contributed by atoms with Crippen molar-refractivity contribution in [1.29, 1.82) is 5.26 Å². The number of fused-ring (bicyclic) bond motifs is 1. The van der Waals surface area contributed by atoms with Gasteiger partial charge in [0.1, 0.15) is 5.58 Å². The van der Waals surface area contributed by atoms with Crippen LogP contribution in [0.4, 0.5) is 0 Å². The summed E-state index contributed by atoms with van der Waals surface area (Å²) in [7, 11) is 0. The van der Waals surface area contributed by atoms with E-state index in [2.05, 4.69) is 0 Å². The summed E-state index contributed by atoms with van der Waals surface area (Å²) in [6, 6.07) is 10.5. The second kappa shape index (κ2) is 3.35. The van der Waals surface area contributed by atoms with Crippen LogP contribution < -0.4 is 5.63 Å². The lowest BCUT2D eigenvalue weighted by atomic mass is 10.1. The van der Waals surface area contributed by atoms with Crippen LogP contribution in [0.3, 0.4) is 0 Å². The zero-order valence-electron chi connectivity index (χ0n) is 7.36. The van der Waals surface area contributed by atoms with E-state index < -0.39 is 0 Å². The van der Waals surface area contributed by atoms with Crippen molar-refractivity contribution < 1.29 is 4.42 Å². The SMILES string of the molecule is N#CCc1ccc2ccc(=O)oc2c1. The van der Waals surface area contributed by atoms with Gasteiger partial charge >= 0.3 is 5.63 Å². The average molecular weight is 185 g/mol. The van der Waals surface area contributed by atoms with Crippen LogP contribution in [0.2, 0.25) is 0 Å². The minimum absolute atomic E-state index is 0.328. The summed E-state index contributed by atoms with van der Waals surface area (Å²) in [4.78, 5) is 10.9. The van der Waals surface area contributed by atoms with E-state index in [-0.39, 0.29) is 5.63 Å². The molecule has 2 aromatic rings. The number of hydrogen-bond donors (Lipinski definition) is 0. The Kier molecular flexibility index (Phi) is 2.04. The maximum Gasteiger partial charge on any atom is 0.336 e. The molecule has 1 aromatic heterocycles. The van der Waals surface area contributed by atoms with E-state index in [0.717, 1.165) is 10.9 Å². The third-order valence-electron chi connectivity index (χ3n) is 1.97. The highest BCUT2D eigenvalue weighted by molar-refractivity contribution is 5.76. The van der Waals surface area contributed by atoms with Gasteiger partial charge in [0.25, 0.3) is 0 Å². The molecule has 0 saturated heterocycles. The predicted octanol–water partition coefficient (Wildman–Crippen LogP) is 1.86. The number of hydrogen-bond acceptors (Lipinski definition) is 3. The van der Waals surface area contributed by atoms with Crippen molar-refractivity contribution in [3.05, 3.63) is 46.3 Å². The molecular weight excluding hydrogens is 178 g/mol. The summed E-state index contributed by atoms with van der Waals surface area (Å²) < 4.78 is 4.98. The van der Waals surface area contributed by atoms with Crippen molar-refractivity contribution in [3.8, 4) is 6.07 Å². The molecule has 0 atom stereocenters. The highest BCUT2D eigenvalue weighted by atomic mass is 16.4. The van der Waals surface area contributed by atoms with Gasteiger partial charge in [0.15, 0.2) is 0 Å². The second-order valence-corrected chi connectivity index (χ2v) is 2.96. The van der Waals surface area contributed by atoms with Crippen LogP contribution in [-0.4, -0.2) is 0 Å². The fourth-order valence-electron chi connectivity index (χ4n) is 1.31. The highest BCUT2D eigenvalue weighted by Gasteiger charge is 1.98. The minimum Gasteiger partial charge on any atom is -0.423 e. The first-order chi connectivity index (χ1) is 6.79. The Morgan fingerprint density at radius 2 is 2.07 bits per heavy atom. The fraction of sp³-hybridized carbons (Fsp3) is 0.0909. The van der Waals surface area contributed by atoms with Crippen LogP contribution in [0.15, 0.2) is 39.5 Å². The van der Waals surface area contributed by atoms with E-state index in [0.29, 0.717) is 12.0 Å². The number of nitriles is 1. The second-order valence-electron chi connectivity index (χ2n) is 2.96. The summed E-state index contributed by atoms with van der Waals surface area (Å²) in [6.07, 6.45) is 0.328. The highest BCUT2D eigenvalue weighted by Crippen LogP contribution is 2.13. The third-order valence-corrected chi connectivity index (χ3v) is 1.97. The molecule has 1 heterocycles. The van der Waals surface area contributed by atoms with Crippen molar-refractivity contribution in [2.45, 2.75) is 6.42 Å². The van der Waals surface area contributed by atoms with Crippen molar-refractivity contribution in [2.75, 3.05) is 0 Å². The van der Waals surface area contributed by atoms with Crippen LogP contribution in [0.25, 0.3) is 11.0 Å². The van der Waals surface area contributed by atoms with Gasteiger partial charge in [0.2, 0.25) is 0 Å². The predicted molar refractivity (Wildman–Crippen MR) is 51.8 cm³/mol. The van der Waals surface area contributed by atoms with Crippen LogP contribution in [-0.2, 0) is 6.42 Å². The first kappa shape index (κ1) is 8.52. The van der Waals surface area contributed by atoms with Gasteiger partial charge in [-0.2, -0.15) is 5.26 Å². The van der Waals surface area contributed by atoms with Crippen molar-refractivity contribution in [1.82, 2.24) is 0 Å². The molecule has 14 heavy (non-hydrogen) atoms. The molecule has 0 bridgehead atoms. The molecule has 0 amide bonds. The maximum absolute atomic E-state index is 10.9. The number of benzene rings is 1. The Bertz CT molecular complexity index is 563. The Labute approximate surface area is 80.2 Å². The van der Waals surface area contributed by atoms with Gasteiger partial charge < -0.3 is 4.42 Å². The Morgan fingerprint density at radius 3 is 2.86 bits per heavy atom. The zero-order chi connectivity index (χ0) is 9.97. The molecule has 0 spiro atoms. The van der Waals surface area contributed by atoms with E-state index in [4.69, 9.17) is 9.68 Å². The van der Waals surface area contributed by atoms with Gasteiger partial charge in [-0.05, 0) is 17.7 Å². The molecule has 0 N–H and O–H groups in total. The van der Waals surface area contributed by atoms with Crippen LogP contribution in [0, 0.1) is 11.3 Å². The standard InChI is InChI=1S/C11H7NO2/c12-6-5-8-1-2-9-3-4-11(13)14-10(9)7-8/h1-4,7H,5H2. The molecule has 0 unspecified atom stereocenters. The zero-order valence-corrected chi connectivity index (χ0v) is 7.36. The summed E-state index contributed by atoms with van der Waals surface area (Å²) in [5.41, 5.74) is 1.02. The summed E-state index contributed by atoms with van der Waals surface area (Å²) in [5.74, 6) is 0. The van der Waals surface area contributed by atoms with Crippen molar-refractivity contribution >= 4 is 11.0 Å². The smallest absolute Gasteiger partial charge is 0.336 e. The average Bonchev–Trinajstić information content (AvgIpc) is 2.17. The number of nitrogens with zero attached hydrogens (tertiary/aromatic N) is 1. The molecular formula is C11H7NO2. The molecule has 0 radical (unpaired) electrons. The largest absolute Gasteiger partial charge is 0.423 e. The van der Waals surface area contributed by atoms with Gasteiger partial charge in [-0.15, -0.1) is 0 Å². The Balaban J connectivity index is 2.65.